The van der Waals surface area contributed by atoms with Gasteiger partial charge in [-0.1, -0.05) is 20.3 Å². The quantitative estimate of drug-likeness (QED) is 0.686. The largest absolute Gasteiger partial charge is 0.348 e. The standard InChI is InChI=1S/C13H25N3S/c1-4-7-9-16(6-3)13-15-11-12(17-13)10-14-8-5-2/h11,14H,4-10H2,1-3H3. The number of nitrogens with one attached hydrogen (secondary N) is 1. The molecule has 0 radical (unpaired) electrons. The van der Waals surface area contributed by atoms with E-state index in [1.807, 2.05) is 17.5 Å². The molecule has 1 N–H and O–H groups in total. The van der Waals surface area contributed by atoms with Crippen molar-refractivity contribution in [1.82, 2.24) is 10.3 Å². The molecule has 0 spiro atoms. The Labute approximate surface area is 109 Å². The molecular formula is C13H25N3S. The van der Waals surface area contributed by atoms with Crippen molar-refractivity contribution in [1.29, 1.82) is 0 Å². The molecule has 0 atom stereocenters. The summed E-state index contributed by atoms with van der Waals surface area (Å²) in [6.07, 6.45) is 5.68. The molecule has 17 heavy (non-hydrogen) atoms. The average Bonchev–Trinajstić information content (AvgIpc) is 2.79. The summed E-state index contributed by atoms with van der Waals surface area (Å²) in [6, 6.07) is 0. The van der Waals surface area contributed by atoms with E-state index in [0.29, 0.717) is 0 Å². The van der Waals surface area contributed by atoms with Gasteiger partial charge >= 0.3 is 0 Å². The van der Waals surface area contributed by atoms with Crippen LogP contribution < -0.4 is 10.2 Å². The van der Waals surface area contributed by atoms with Gasteiger partial charge in [0.05, 0.1) is 0 Å². The van der Waals surface area contributed by atoms with E-state index >= 15 is 0 Å². The Kier molecular flexibility index (Phi) is 7.21. The van der Waals surface area contributed by atoms with Crippen molar-refractivity contribution in [2.24, 2.45) is 0 Å². The minimum Gasteiger partial charge on any atom is -0.348 e. The van der Waals surface area contributed by atoms with Crippen LogP contribution in [0.2, 0.25) is 0 Å². The number of unbranched alkanes of at least 4 members (excludes halogenated alkanes) is 1. The SMILES string of the molecule is CCCCN(CC)c1ncc(CNCCC)s1. The monoisotopic (exact) mass is 255 g/mol. The molecule has 0 amide bonds. The van der Waals surface area contributed by atoms with Crippen LogP contribution in [0.25, 0.3) is 0 Å². The van der Waals surface area contributed by atoms with E-state index in [-0.39, 0.29) is 0 Å². The first-order chi connectivity index (χ1) is 8.31. The summed E-state index contributed by atoms with van der Waals surface area (Å²) >= 11 is 1.82. The van der Waals surface area contributed by atoms with Crippen molar-refractivity contribution in [3.05, 3.63) is 11.1 Å². The van der Waals surface area contributed by atoms with Crippen LogP contribution in [0.5, 0.6) is 0 Å². The zero-order valence-electron chi connectivity index (χ0n) is 11.3. The smallest absolute Gasteiger partial charge is 0.185 e. The Morgan fingerprint density at radius 2 is 2.12 bits per heavy atom. The van der Waals surface area contributed by atoms with Gasteiger partial charge in [0, 0.05) is 30.7 Å². The molecule has 4 heteroatoms. The first kappa shape index (κ1) is 14.5. The summed E-state index contributed by atoms with van der Waals surface area (Å²) in [6.45, 7) is 10.8. The van der Waals surface area contributed by atoms with Gasteiger partial charge in [-0.05, 0) is 26.3 Å². The molecule has 0 aliphatic rings. The Bertz CT molecular complexity index is 299. The molecule has 98 valence electrons. The lowest BCUT2D eigenvalue weighted by Gasteiger charge is -2.18. The predicted octanol–water partition coefficient (Wildman–Crippen LogP) is 3.27. The van der Waals surface area contributed by atoms with E-state index < -0.39 is 0 Å². The van der Waals surface area contributed by atoms with Crippen LogP contribution in [0.15, 0.2) is 6.20 Å². The Morgan fingerprint density at radius 1 is 1.29 bits per heavy atom. The summed E-state index contributed by atoms with van der Waals surface area (Å²) in [5, 5.41) is 4.59. The van der Waals surface area contributed by atoms with Crippen LogP contribution in [0.1, 0.15) is 44.9 Å². The first-order valence-corrected chi connectivity index (χ1v) is 7.53. The maximum atomic E-state index is 4.52. The van der Waals surface area contributed by atoms with Crippen LogP contribution in [-0.2, 0) is 6.54 Å². The summed E-state index contributed by atoms with van der Waals surface area (Å²) < 4.78 is 0. The number of anilines is 1. The summed E-state index contributed by atoms with van der Waals surface area (Å²) in [5.41, 5.74) is 0. The highest BCUT2D eigenvalue weighted by Crippen LogP contribution is 2.22. The lowest BCUT2D eigenvalue weighted by Crippen LogP contribution is -2.23. The molecule has 0 aliphatic carbocycles. The molecule has 0 bridgehead atoms. The van der Waals surface area contributed by atoms with Gasteiger partial charge in [-0.3, -0.25) is 0 Å². The van der Waals surface area contributed by atoms with Crippen LogP contribution in [0, 0.1) is 0 Å². The number of rotatable bonds is 9. The Balaban J connectivity index is 2.46. The zero-order valence-corrected chi connectivity index (χ0v) is 12.1. The number of hydrogen-bond donors (Lipinski definition) is 1. The van der Waals surface area contributed by atoms with Crippen LogP contribution in [0.4, 0.5) is 5.13 Å². The minimum absolute atomic E-state index is 0.955. The first-order valence-electron chi connectivity index (χ1n) is 6.72. The van der Waals surface area contributed by atoms with E-state index in [1.165, 1.54) is 29.3 Å². The molecule has 1 rings (SSSR count). The van der Waals surface area contributed by atoms with Gasteiger partial charge in [-0.15, -0.1) is 11.3 Å². The lowest BCUT2D eigenvalue weighted by atomic mass is 10.3. The molecule has 0 saturated carbocycles. The molecule has 1 aromatic heterocycles. The third-order valence-corrected chi connectivity index (χ3v) is 3.76. The van der Waals surface area contributed by atoms with Gasteiger partial charge in [-0.2, -0.15) is 0 Å². The molecule has 0 aliphatic heterocycles. The van der Waals surface area contributed by atoms with Crippen LogP contribution in [-0.4, -0.2) is 24.6 Å². The van der Waals surface area contributed by atoms with Gasteiger partial charge < -0.3 is 10.2 Å². The second-order valence-electron chi connectivity index (χ2n) is 4.22. The fraction of sp³-hybridized carbons (Fsp3) is 0.769. The number of nitrogens with zero attached hydrogens (tertiary/aromatic N) is 2. The van der Waals surface area contributed by atoms with Crippen molar-refractivity contribution in [3.63, 3.8) is 0 Å². The predicted molar refractivity (Wildman–Crippen MR) is 76.9 cm³/mol. The summed E-state index contributed by atoms with van der Waals surface area (Å²) in [7, 11) is 0. The van der Waals surface area contributed by atoms with Crippen molar-refractivity contribution < 1.29 is 0 Å². The Morgan fingerprint density at radius 3 is 2.76 bits per heavy atom. The highest BCUT2D eigenvalue weighted by atomic mass is 32.1. The number of hydrogen-bond acceptors (Lipinski definition) is 4. The molecular weight excluding hydrogens is 230 g/mol. The highest BCUT2D eigenvalue weighted by molar-refractivity contribution is 7.15. The zero-order chi connectivity index (χ0) is 12.5. The minimum atomic E-state index is 0.955. The Hall–Kier alpha value is -0.610. The van der Waals surface area contributed by atoms with Gasteiger partial charge in [0.1, 0.15) is 0 Å². The van der Waals surface area contributed by atoms with Gasteiger partial charge in [-0.25, -0.2) is 4.98 Å². The molecule has 0 unspecified atom stereocenters. The molecule has 0 fully saturated rings. The fourth-order valence-corrected chi connectivity index (χ4v) is 2.62. The summed E-state index contributed by atoms with van der Waals surface area (Å²) in [5.74, 6) is 0. The van der Waals surface area contributed by atoms with E-state index in [9.17, 15) is 0 Å². The fourth-order valence-electron chi connectivity index (χ4n) is 1.65. The topological polar surface area (TPSA) is 28.2 Å². The lowest BCUT2D eigenvalue weighted by molar-refractivity contribution is 0.681. The van der Waals surface area contributed by atoms with Crippen molar-refractivity contribution in [3.8, 4) is 0 Å². The van der Waals surface area contributed by atoms with Crippen LogP contribution >= 0.6 is 11.3 Å². The number of aromatic nitrogens is 1. The third-order valence-electron chi connectivity index (χ3n) is 2.70. The van der Waals surface area contributed by atoms with E-state index in [2.05, 4.69) is 36.0 Å². The molecule has 3 nitrogen and oxygen atoms in total. The number of thiazole rings is 1. The van der Waals surface area contributed by atoms with E-state index in [1.54, 1.807) is 0 Å². The van der Waals surface area contributed by atoms with E-state index in [0.717, 1.165) is 26.2 Å². The molecule has 1 aromatic rings. The average molecular weight is 255 g/mol. The van der Waals surface area contributed by atoms with Gasteiger partial charge in [0.25, 0.3) is 0 Å². The van der Waals surface area contributed by atoms with Gasteiger partial charge in [0.2, 0.25) is 0 Å². The second-order valence-corrected chi connectivity index (χ2v) is 5.31. The van der Waals surface area contributed by atoms with Gasteiger partial charge in [0.15, 0.2) is 5.13 Å². The summed E-state index contributed by atoms with van der Waals surface area (Å²) in [4.78, 5) is 8.23. The molecule has 0 saturated heterocycles. The van der Waals surface area contributed by atoms with Crippen molar-refractivity contribution in [2.45, 2.75) is 46.6 Å². The second kappa shape index (κ2) is 8.48. The molecule has 0 aromatic carbocycles. The normalized spacial score (nSPS) is 10.8. The van der Waals surface area contributed by atoms with Crippen molar-refractivity contribution >= 4 is 16.5 Å². The molecule has 1 heterocycles. The van der Waals surface area contributed by atoms with E-state index in [4.69, 9.17) is 0 Å². The maximum absolute atomic E-state index is 4.52. The van der Waals surface area contributed by atoms with Crippen molar-refractivity contribution in [2.75, 3.05) is 24.5 Å². The van der Waals surface area contributed by atoms with Crippen LogP contribution in [0.3, 0.4) is 0 Å². The highest BCUT2D eigenvalue weighted by Gasteiger charge is 2.08. The maximum Gasteiger partial charge on any atom is 0.185 e. The third kappa shape index (κ3) is 5.04.